The van der Waals surface area contributed by atoms with Crippen LogP contribution in [0.25, 0.3) is 0 Å². The molecule has 0 aromatic heterocycles. The van der Waals surface area contributed by atoms with Crippen LogP contribution in [0, 0.1) is 5.92 Å². The van der Waals surface area contributed by atoms with Crippen molar-refractivity contribution in [3.8, 4) is 0 Å². The molecule has 16 heavy (non-hydrogen) atoms. The smallest absolute Gasteiger partial charge is 0.370 e. The Balaban J connectivity index is 2.47. The Kier molecular flexibility index (Phi) is 4.76. The third-order valence-electron chi connectivity index (χ3n) is 2.74. The van der Waals surface area contributed by atoms with Gasteiger partial charge in [-0.05, 0) is 25.0 Å². The summed E-state index contributed by atoms with van der Waals surface area (Å²) in [6, 6.07) is 0. The van der Waals surface area contributed by atoms with E-state index in [-0.39, 0.29) is 11.7 Å². The van der Waals surface area contributed by atoms with E-state index in [4.69, 9.17) is 10.2 Å². The Morgan fingerprint density at radius 1 is 1.06 bits per heavy atom. The van der Waals surface area contributed by atoms with Crippen LogP contribution < -0.4 is 0 Å². The highest BCUT2D eigenvalue weighted by molar-refractivity contribution is 5.92. The van der Waals surface area contributed by atoms with Gasteiger partial charge in [-0.1, -0.05) is 25.3 Å². The first-order chi connectivity index (χ1) is 7.61. The molecule has 0 heterocycles. The summed E-state index contributed by atoms with van der Waals surface area (Å²) < 4.78 is 0. The molecule has 4 nitrogen and oxygen atoms in total. The molecule has 1 aliphatic rings. The van der Waals surface area contributed by atoms with E-state index in [0.29, 0.717) is 0 Å². The Morgan fingerprint density at radius 2 is 1.69 bits per heavy atom. The van der Waals surface area contributed by atoms with Crippen LogP contribution in [-0.2, 0) is 9.59 Å². The van der Waals surface area contributed by atoms with E-state index >= 15 is 0 Å². The minimum Gasteiger partial charge on any atom is -0.502 e. The van der Waals surface area contributed by atoms with Crippen molar-refractivity contribution >= 4 is 11.8 Å². The van der Waals surface area contributed by atoms with Gasteiger partial charge in [-0.15, -0.1) is 0 Å². The molecule has 0 unspecified atom stereocenters. The van der Waals surface area contributed by atoms with Gasteiger partial charge in [-0.3, -0.25) is 4.79 Å². The molecule has 0 spiro atoms. The molecule has 0 amide bonds. The van der Waals surface area contributed by atoms with Crippen LogP contribution in [0.3, 0.4) is 0 Å². The van der Waals surface area contributed by atoms with Crippen LogP contribution in [0.5, 0.6) is 0 Å². The number of hydrogen-bond donors (Lipinski definition) is 2. The summed E-state index contributed by atoms with van der Waals surface area (Å²) in [5.74, 6) is -2.05. The average Bonchev–Trinajstić information content (AvgIpc) is 2.29. The van der Waals surface area contributed by atoms with Crippen molar-refractivity contribution in [2.75, 3.05) is 0 Å². The summed E-state index contributed by atoms with van der Waals surface area (Å²) in [6.07, 6.45) is 8.84. The molecule has 0 aromatic rings. The predicted molar refractivity (Wildman–Crippen MR) is 59.1 cm³/mol. The number of allylic oxidation sites excluding steroid dienone is 3. The van der Waals surface area contributed by atoms with Crippen LogP contribution >= 0.6 is 0 Å². The summed E-state index contributed by atoms with van der Waals surface area (Å²) in [6.45, 7) is 0. The van der Waals surface area contributed by atoms with Crippen LogP contribution in [-0.4, -0.2) is 22.0 Å². The fourth-order valence-electron chi connectivity index (χ4n) is 1.83. The predicted octanol–water partition coefficient (Wildman–Crippen LogP) is 2.22. The first kappa shape index (κ1) is 12.5. The average molecular weight is 224 g/mol. The molecule has 0 saturated heterocycles. The molecule has 1 rings (SSSR count). The van der Waals surface area contributed by atoms with E-state index in [9.17, 15) is 9.59 Å². The van der Waals surface area contributed by atoms with Gasteiger partial charge >= 0.3 is 5.97 Å². The van der Waals surface area contributed by atoms with Gasteiger partial charge in [0, 0.05) is 5.92 Å². The van der Waals surface area contributed by atoms with E-state index < -0.39 is 11.7 Å². The van der Waals surface area contributed by atoms with Crippen LogP contribution in [0.15, 0.2) is 24.0 Å². The van der Waals surface area contributed by atoms with Gasteiger partial charge in [-0.25, -0.2) is 4.79 Å². The standard InChI is InChI=1S/C12H16O4/c13-10(9-5-2-1-3-6-9)7-4-8-11(14)12(15)16/h4,7-9,14H,1-3,5-6H2,(H,15,16)/b7-4-,11-8+. The zero-order valence-electron chi connectivity index (χ0n) is 9.06. The van der Waals surface area contributed by atoms with Crippen molar-refractivity contribution in [1.29, 1.82) is 0 Å². The molecule has 0 bridgehead atoms. The van der Waals surface area contributed by atoms with Gasteiger partial charge in [-0.2, -0.15) is 0 Å². The molecule has 0 aromatic carbocycles. The second kappa shape index (κ2) is 6.10. The lowest BCUT2D eigenvalue weighted by molar-refractivity contribution is -0.135. The van der Waals surface area contributed by atoms with Gasteiger partial charge in [0.25, 0.3) is 0 Å². The number of aliphatic carboxylic acids is 1. The number of carbonyl (C=O) groups is 2. The Labute approximate surface area is 94.3 Å². The summed E-state index contributed by atoms with van der Waals surface area (Å²) in [5, 5.41) is 17.2. The maximum atomic E-state index is 11.6. The summed E-state index contributed by atoms with van der Waals surface area (Å²) in [7, 11) is 0. The zero-order valence-corrected chi connectivity index (χ0v) is 9.06. The summed E-state index contributed by atoms with van der Waals surface area (Å²) in [5.41, 5.74) is 0. The molecule has 1 fully saturated rings. The molecule has 0 atom stereocenters. The zero-order chi connectivity index (χ0) is 12.0. The van der Waals surface area contributed by atoms with Crippen LogP contribution in [0.1, 0.15) is 32.1 Å². The lowest BCUT2D eigenvalue weighted by Gasteiger charge is -2.18. The van der Waals surface area contributed by atoms with E-state index in [1.54, 1.807) is 0 Å². The van der Waals surface area contributed by atoms with Gasteiger partial charge in [0.05, 0.1) is 0 Å². The summed E-state index contributed by atoms with van der Waals surface area (Å²) in [4.78, 5) is 21.8. The number of ketones is 1. The molecule has 4 heteroatoms. The monoisotopic (exact) mass is 224 g/mol. The maximum Gasteiger partial charge on any atom is 0.370 e. The van der Waals surface area contributed by atoms with Crippen molar-refractivity contribution in [2.45, 2.75) is 32.1 Å². The number of carbonyl (C=O) groups excluding carboxylic acids is 1. The second-order valence-corrected chi connectivity index (χ2v) is 3.95. The van der Waals surface area contributed by atoms with Crippen molar-refractivity contribution < 1.29 is 19.8 Å². The van der Waals surface area contributed by atoms with Crippen molar-refractivity contribution in [2.24, 2.45) is 5.92 Å². The van der Waals surface area contributed by atoms with Crippen molar-refractivity contribution in [1.82, 2.24) is 0 Å². The summed E-state index contributed by atoms with van der Waals surface area (Å²) >= 11 is 0. The lowest BCUT2D eigenvalue weighted by atomic mass is 9.86. The van der Waals surface area contributed by atoms with Crippen LogP contribution in [0.2, 0.25) is 0 Å². The molecular formula is C12H16O4. The highest BCUT2D eigenvalue weighted by atomic mass is 16.4. The topological polar surface area (TPSA) is 74.6 Å². The first-order valence-corrected chi connectivity index (χ1v) is 5.45. The second-order valence-electron chi connectivity index (χ2n) is 3.95. The number of carboxylic acids is 1. The highest BCUT2D eigenvalue weighted by Crippen LogP contribution is 2.24. The Hall–Kier alpha value is -1.58. The van der Waals surface area contributed by atoms with Crippen molar-refractivity contribution in [3.63, 3.8) is 0 Å². The molecular weight excluding hydrogens is 208 g/mol. The van der Waals surface area contributed by atoms with Crippen molar-refractivity contribution in [3.05, 3.63) is 24.0 Å². The molecule has 1 saturated carbocycles. The highest BCUT2D eigenvalue weighted by Gasteiger charge is 2.18. The largest absolute Gasteiger partial charge is 0.502 e. The fourth-order valence-corrected chi connectivity index (χ4v) is 1.83. The third kappa shape index (κ3) is 3.88. The van der Waals surface area contributed by atoms with Gasteiger partial charge in [0.15, 0.2) is 5.78 Å². The van der Waals surface area contributed by atoms with Gasteiger partial charge < -0.3 is 10.2 Å². The van der Waals surface area contributed by atoms with E-state index in [0.717, 1.165) is 31.8 Å². The third-order valence-corrected chi connectivity index (χ3v) is 2.74. The van der Waals surface area contributed by atoms with Crippen LogP contribution in [0.4, 0.5) is 0 Å². The molecule has 88 valence electrons. The molecule has 0 radical (unpaired) electrons. The number of hydrogen-bond acceptors (Lipinski definition) is 3. The number of rotatable bonds is 4. The Bertz CT molecular complexity index is 322. The first-order valence-electron chi connectivity index (χ1n) is 5.45. The maximum absolute atomic E-state index is 11.6. The van der Waals surface area contributed by atoms with E-state index in [1.165, 1.54) is 18.6 Å². The normalized spacial score (nSPS) is 18.9. The molecule has 0 aliphatic heterocycles. The number of aliphatic hydroxyl groups excluding tert-OH is 1. The lowest BCUT2D eigenvalue weighted by Crippen LogP contribution is -2.15. The number of carboxylic acid groups (broad SMARTS) is 1. The van der Waals surface area contributed by atoms with Gasteiger partial charge in [0.2, 0.25) is 5.76 Å². The SMILES string of the molecule is O=C(O)/C(O)=C\C=C/C(=O)C1CCCCC1. The fraction of sp³-hybridized carbons (Fsp3) is 0.500. The molecule has 2 N–H and O–H groups in total. The quantitative estimate of drug-likeness (QED) is 0.436. The van der Waals surface area contributed by atoms with Gasteiger partial charge in [0.1, 0.15) is 0 Å². The van der Waals surface area contributed by atoms with E-state index in [2.05, 4.69) is 0 Å². The minimum absolute atomic E-state index is 0.0224. The Morgan fingerprint density at radius 3 is 2.25 bits per heavy atom. The number of aliphatic hydroxyl groups is 1. The minimum atomic E-state index is -1.39. The van der Waals surface area contributed by atoms with E-state index in [1.807, 2.05) is 0 Å². The molecule has 1 aliphatic carbocycles.